The van der Waals surface area contributed by atoms with Crippen LogP contribution in [0.25, 0.3) is 0 Å². The number of aryl methyl sites for hydroxylation is 1. The van der Waals surface area contributed by atoms with Crippen molar-refractivity contribution in [3.63, 3.8) is 0 Å². The van der Waals surface area contributed by atoms with E-state index in [0.29, 0.717) is 6.42 Å². The smallest absolute Gasteiger partial charge is 0.100 e. The monoisotopic (exact) mass is 242 g/mol. The molecule has 0 heterocycles. The first-order chi connectivity index (χ1) is 8.78. The Morgan fingerprint density at radius 1 is 1.06 bits per heavy atom. The molecule has 0 bridgehead atoms. The number of halogens is 1. The summed E-state index contributed by atoms with van der Waals surface area (Å²) in [6.07, 6.45) is 10.9. The molecule has 1 aromatic rings. The van der Waals surface area contributed by atoms with Crippen molar-refractivity contribution in [2.75, 3.05) is 0 Å². The fourth-order valence-corrected chi connectivity index (χ4v) is 2.04. The fourth-order valence-electron chi connectivity index (χ4n) is 2.04. The van der Waals surface area contributed by atoms with Crippen LogP contribution in [0.2, 0.25) is 0 Å². The zero-order chi connectivity index (χ0) is 12.8. The van der Waals surface area contributed by atoms with Gasteiger partial charge < -0.3 is 0 Å². The molecule has 1 aromatic carbocycles. The van der Waals surface area contributed by atoms with E-state index in [1.54, 1.807) is 6.08 Å². The lowest BCUT2D eigenvalue weighted by Crippen LogP contribution is -1.90. The summed E-state index contributed by atoms with van der Waals surface area (Å²) in [6, 6.07) is 8.65. The van der Waals surface area contributed by atoms with Gasteiger partial charge in [0.05, 0.1) is 0 Å². The predicted molar refractivity (Wildman–Crippen MR) is 75.2 cm³/mol. The Kier molecular flexibility index (Phi) is 4.52. The van der Waals surface area contributed by atoms with Gasteiger partial charge in [0.25, 0.3) is 0 Å². The molecule has 0 N–H and O–H groups in total. The molecule has 2 rings (SSSR count). The SMILES string of the molecule is CCc1ccc(CC2=C/C=C(/F)CC/C=C\2)cc1. The van der Waals surface area contributed by atoms with Crippen LogP contribution in [0.1, 0.15) is 30.9 Å². The van der Waals surface area contributed by atoms with Crippen LogP contribution in [0.3, 0.4) is 0 Å². The van der Waals surface area contributed by atoms with Crippen molar-refractivity contribution in [2.45, 2.75) is 32.6 Å². The van der Waals surface area contributed by atoms with Crippen LogP contribution in [0, 0.1) is 0 Å². The Morgan fingerprint density at radius 3 is 2.50 bits per heavy atom. The third kappa shape index (κ3) is 3.69. The molecule has 0 saturated carbocycles. The first kappa shape index (κ1) is 12.8. The largest absolute Gasteiger partial charge is 0.212 e. The van der Waals surface area contributed by atoms with E-state index >= 15 is 0 Å². The van der Waals surface area contributed by atoms with Gasteiger partial charge in [-0.15, -0.1) is 0 Å². The van der Waals surface area contributed by atoms with Crippen molar-refractivity contribution in [1.29, 1.82) is 0 Å². The van der Waals surface area contributed by atoms with E-state index in [4.69, 9.17) is 0 Å². The Morgan fingerprint density at radius 2 is 1.78 bits per heavy atom. The maximum Gasteiger partial charge on any atom is 0.100 e. The molecule has 0 fully saturated rings. The zero-order valence-electron chi connectivity index (χ0n) is 10.8. The van der Waals surface area contributed by atoms with Gasteiger partial charge in [-0.1, -0.05) is 49.4 Å². The van der Waals surface area contributed by atoms with Crippen LogP contribution < -0.4 is 0 Å². The van der Waals surface area contributed by atoms with Crippen molar-refractivity contribution in [3.8, 4) is 0 Å². The van der Waals surface area contributed by atoms with E-state index in [0.717, 1.165) is 24.8 Å². The van der Waals surface area contributed by atoms with E-state index < -0.39 is 0 Å². The second kappa shape index (κ2) is 6.34. The second-order valence-electron chi connectivity index (χ2n) is 4.64. The summed E-state index contributed by atoms with van der Waals surface area (Å²) in [7, 11) is 0. The Labute approximate surface area is 109 Å². The van der Waals surface area contributed by atoms with Gasteiger partial charge in [-0.2, -0.15) is 0 Å². The maximum atomic E-state index is 13.2. The molecule has 0 spiro atoms. The third-order valence-electron chi connectivity index (χ3n) is 3.20. The minimum absolute atomic E-state index is 0.0295. The summed E-state index contributed by atoms with van der Waals surface area (Å²) < 4.78 is 13.2. The minimum atomic E-state index is -0.0295. The molecule has 0 amide bonds. The van der Waals surface area contributed by atoms with Crippen LogP contribution in [-0.4, -0.2) is 0 Å². The predicted octanol–water partition coefficient (Wildman–Crippen LogP) is 4.92. The summed E-state index contributed by atoms with van der Waals surface area (Å²) in [5, 5.41) is 0. The highest BCUT2D eigenvalue weighted by molar-refractivity contribution is 5.33. The molecule has 94 valence electrons. The van der Waals surface area contributed by atoms with Crippen LogP contribution >= 0.6 is 0 Å². The third-order valence-corrected chi connectivity index (χ3v) is 3.20. The first-order valence-electron chi connectivity index (χ1n) is 6.57. The summed E-state index contributed by atoms with van der Waals surface area (Å²) in [4.78, 5) is 0. The summed E-state index contributed by atoms with van der Waals surface area (Å²) in [5.41, 5.74) is 3.79. The summed E-state index contributed by atoms with van der Waals surface area (Å²) >= 11 is 0. The fraction of sp³-hybridized carbons (Fsp3) is 0.294. The van der Waals surface area contributed by atoms with Crippen molar-refractivity contribution in [2.24, 2.45) is 0 Å². The lowest BCUT2D eigenvalue weighted by molar-refractivity contribution is 0.591. The minimum Gasteiger partial charge on any atom is -0.212 e. The number of rotatable bonds is 3. The maximum absolute atomic E-state index is 13.2. The van der Waals surface area contributed by atoms with Gasteiger partial charge >= 0.3 is 0 Å². The van der Waals surface area contributed by atoms with E-state index in [1.807, 2.05) is 6.08 Å². The van der Waals surface area contributed by atoms with Gasteiger partial charge in [-0.3, -0.25) is 0 Å². The molecule has 0 atom stereocenters. The van der Waals surface area contributed by atoms with Gasteiger partial charge in [0.1, 0.15) is 5.83 Å². The van der Waals surface area contributed by atoms with Gasteiger partial charge in [0.2, 0.25) is 0 Å². The standard InChI is InChI=1S/C17H19F/c1-2-14-7-9-16(10-8-14)13-15-5-3-4-6-17(18)12-11-15/h3,5,7-12H,2,4,6,13H2,1H3/b5-3-,15-11+,17-12+. The Balaban J connectivity index is 2.11. The van der Waals surface area contributed by atoms with E-state index in [1.165, 1.54) is 11.1 Å². The van der Waals surface area contributed by atoms with Gasteiger partial charge in [0.15, 0.2) is 0 Å². The van der Waals surface area contributed by atoms with Crippen molar-refractivity contribution in [3.05, 3.63) is 71.1 Å². The van der Waals surface area contributed by atoms with Gasteiger partial charge in [-0.05, 0) is 42.0 Å². The molecule has 0 saturated heterocycles. The molecule has 1 heteroatoms. The Bertz CT molecular complexity index is 475. The van der Waals surface area contributed by atoms with E-state index in [-0.39, 0.29) is 5.83 Å². The molecule has 18 heavy (non-hydrogen) atoms. The highest BCUT2D eigenvalue weighted by Crippen LogP contribution is 2.16. The first-order valence-corrected chi connectivity index (χ1v) is 6.57. The molecule has 0 aliphatic heterocycles. The molecule has 1 aliphatic rings. The van der Waals surface area contributed by atoms with Crippen LogP contribution in [0.15, 0.2) is 60.0 Å². The van der Waals surface area contributed by atoms with Crippen molar-refractivity contribution in [1.82, 2.24) is 0 Å². The molecule has 0 aromatic heterocycles. The molecule has 1 aliphatic carbocycles. The van der Waals surface area contributed by atoms with Gasteiger partial charge in [-0.25, -0.2) is 4.39 Å². The Hall–Kier alpha value is -1.63. The van der Waals surface area contributed by atoms with Crippen molar-refractivity contribution >= 4 is 0 Å². The average Bonchev–Trinajstić information content (AvgIpc) is 2.39. The number of hydrogen-bond donors (Lipinski definition) is 0. The highest BCUT2D eigenvalue weighted by atomic mass is 19.1. The second-order valence-corrected chi connectivity index (χ2v) is 4.64. The quantitative estimate of drug-likeness (QED) is 0.705. The number of benzene rings is 1. The molecule has 0 nitrogen and oxygen atoms in total. The van der Waals surface area contributed by atoms with Crippen molar-refractivity contribution < 1.29 is 4.39 Å². The van der Waals surface area contributed by atoms with Crippen LogP contribution in [0.4, 0.5) is 4.39 Å². The summed E-state index contributed by atoms with van der Waals surface area (Å²) in [6.45, 7) is 2.16. The molecular weight excluding hydrogens is 223 g/mol. The number of allylic oxidation sites excluding steroid dienone is 6. The molecular formula is C17H19F. The highest BCUT2D eigenvalue weighted by Gasteiger charge is 2.00. The topological polar surface area (TPSA) is 0 Å². The van der Waals surface area contributed by atoms with Gasteiger partial charge in [0, 0.05) is 6.42 Å². The van der Waals surface area contributed by atoms with Crippen LogP contribution in [-0.2, 0) is 12.8 Å². The molecule has 0 radical (unpaired) electrons. The summed E-state index contributed by atoms with van der Waals surface area (Å²) in [5.74, 6) is -0.0295. The zero-order valence-corrected chi connectivity index (χ0v) is 10.8. The average molecular weight is 242 g/mol. The normalized spacial score (nSPS) is 23.2. The number of hydrogen-bond acceptors (Lipinski definition) is 0. The van der Waals surface area contributed by atoms with E-state index in [2.05, 4.69) is 43.3 Å². The van der Waals surface area contributed by atoms with E-state index in [9.17, 15) is 4.39 Å². The lowest BCUT2D eigenvalue weighted by Gasteiger charge is -2.06. The van der Waals surface area contributed by atoms with Crippen LogP contribution in [0.5, 0.6) is 0 Å². The lowest BCUT2D eigenvalue weighted by atomic mass is 10.0. The molecule has 0 unspecified atom stereocenters.